The van der Waals surface area contributed by atoms with Crippen LogP contribution in [0.25, 0.3) is 0 Å². The lowest BCUT2D eigenvalue weighted by molar-refractivity contribution is -0.141. The Bertz CT molecular complexity index is 650. The number of likely N-dealkylation sites (N-methyl/N-ethyl adjacent to an activating group) is 1. The van der Waals surface area contributed by atoms with Gasteiger partial charge in [-0.2, -0.15) is 0 Å². The number of para-hydroxylation sites is 2. The van der Waals surface area contributed by atoms with Crippen molar-refractivity contribution in [2.75, 3.05) is 70.9 Å². The molecule has 0 atom stereocenters. The van der Waals surface area contributed by atoms with Crippen LogP contribution in [0.3, 0.4) is 0 Å². The molecule has 7 heteroatoms. The molecule has 1 aromatic carbocycles. The van der Waals surface area contributed by atoms with Crippen molar-refractivity contribution in [3.63, 3.8) is 0 Å². The third-order valence-corrected chi connectivity index (χ3v) is 5.53. The standard InChI is InChI=1S/C20H30N4O3/c1-3-21-8-10-23(11-9-21)19(25)16-20(26)24-14-12-22(13-15-24)17-6-4-5-7-18(17)27-2/h4-7H,3,8-16H2,1-2H3. The highest BCUT2D eigenvalue weighted by atomic mass is 16.5. The highest BCUT2D eigenvalue weighted by Crippen LogP contribution is 2.28. The number of methoxy groups -OCH3 is 1. The molecule has 0 aliphatic carbocycles. The van der Waals surface area contributed by atoms with Gasteiger partial charge >= 0.3 is 0 Å². The summed E-state index contributed by atoms with van der Waals surface area (Å²) in [6.07, 6.45) is -0.0131. The molecule has 2 amide bonds. The molecule has 0 unspecified atom stereocenters. The number of anilines is 1. The van der Waals surface area contributed by atoms with Gasteiger partial charge < -0.3 is 24.3 Å². The van der Waals surface area contributed by atoms with Crippen molar-refractivity contribution in [3.8, 4) is 5.75 Å². The van der Waals surface area contributed by atoms with Gasteiger partial charge in [0, 0.05) is 52.4 Å². The topological polar surface area (TPSA) is 56.3 Å². The van der Waals surface area contributed by atoms with Gasteiger partial charge in [0.2, 0.25) is 11.8 Å². The minimum Gasteiger partial charge on any atom is -0.495 e. The van der Waals surface area contributed by atoms with Gasteiger partial charge in [0.1, 0.15) is 12.2 Å². The Balaban J connectivity index is 1.48. The number of rotatable bonds is 5. The largest absolute Gasteiger partial charge is 0.495 e. The SMILES string of the molecule is CCN1CCN(C(=O)CC(=O)N2CCN(c3ccccc3OC)CC2)CC1. The lowest BCUT2D eigenvalue weighted by Crippen LogP contribution is -2.52. The van der Waals surface area contributed by atoms with Gasteiger partial charge in [-0.1, -0.05) is 19.1 Å². The van der Waals surface area contributed by atoms with Crippen LogP contribution in [0.15, 0.2) is 24.3 Å². The van der Waals surface area contributed by atoms with Gasteiger partial charge in [0.25, 0.3) is 0 Å². The molecule has 0 N–H and O–H groups in total. The van der Waals surface area contributed by atoms with E-state index < -0.39 is 0 Å². The fraction of sp³-hybridized carbons (Fsp3) is 0.600. The molecular formula is C20H30N4O3. The first-order valence-electron chi connectivity index (χ1n) is 9.78. The summed E-state index contributed by atoms with van der Waals surface area (Å²) in [6, 6.07) is 7.93. The lowest BCUT2D eigenvalue weighted by atomic mass is 10.2. The van der Waals surface area contributed by atoms with Gasteiger partial charge in [-0.15, -0.1) is 0 Å². The Kier molecular flexibility index (Phi) is 6.55. The number of hydrogen-bond donors (Lipinski definition) is 0. The maximum Gasteiger partial charge on any atom is 0.232 e. The van der Waals surface area contributed by atoms with Crippen LogP contribution in [0.5, 0.6) is 5.75 Å². The second kappa shape index (κ2) is 9.08. The summed E-state index contributed by atoms with van der Waals surface area (Å²) >= 11 is 0. The molecule has 0 saturated carbocycles. The predicted molar refractivity (Wildman–Crippen MR) is 105 cm³/mol. The number of ether oxygens (including phenoxy) is 1. The maximum atomic E-state index is 12.6. The summed E-state index contributed by atoms with van der Waals surface area (Å²) in [7, 11) is 1.67. The second-order valence-electron chi connectivity index (χ2n) is 7.03. The van der Waals surface area contributed by atoms with E-state index in [0.717, 1.165) is 57.3 Å². The summed E-state index contributed by atoms with van der Waals surface area (Å²) in [5.41, 5.74) is 1.05. The van der Waals surface area contributed by atoms with E-state index in [0.29, 0.717) is 13.1 Å². The Labute approximate surface area is 161 Å². The van der Waals surface area contributed by atoms with Crippen LogP contribution in [0.1, 0.15) is 13.3 Å². The smallest absolute Gasteiger partial charge is 0.232 e. The molecule has 2 saturated heterocycles. The van der Waals surface area contributed by atoms with Crippen molar-refractivity contribution in [3.05, 3.63) is 24.3 Å². The van der Waals surface area contributed by atoms with E-state index >= 15 is 0 Å². The van der Waals surface area contributed by atoms with Crippen LogP contribution < -0.4 is 9.64 Å². The minimum absolute atomic E-state index is 0.0131. The fourth-order valence-corrected chi connectivity index (χ4v) is 3.75. The van der Waals surface area contributed by atoms with Gasteiger partial charge in [-0.05, 0) is 18.7 Å². The van der Waals surface area contributed by atoms with E-state index in [9.17, 15) is 9.59 Å². The Morgan fingerprint density at radius 1 is 0.889 bits per heavy atom. The first-order valence-corrected chi connectivity index (χ1v) is 9.78. The van der Waals surface area contributed by atoms with Crippen LogP contribution in [-0.4, -0.2) is 92.5 Å². The first-order chi connectivity index (χ1) is 13.1. The molecule has 2 fully saturated rings. The molecule has 0 bridgehead atoms. The van der Waals surface area contributed by atoms with E-state index in [2.05, 4.69) is 16.7 Å². The molecule has 0 radical (unpaired) electrons. The van der Waals surface area contributed by atoms with Crippen molar-refractivity contribution in [2.24, 2.45) is 0 Å². The fourth-order valence-electron chi connectivity index (χ4n) is 3.75. The zero-order valence-electron chi connectivity index (χ0n) is 16.4. The number of hydrogen-bond acceptors (Lipinski definition) is 5. The molecule has 2 aliphatic heterocycles. The summed E-state index contributed by atoms with van der Waals surface area (Å²) in [5, 5.41) is 0. The summed E-state index contributed by atoms with van der Waals surface area (Å²) in [5.74, 6) is 0.749. The Morgan fingerprint density at radius 3 is 2.00 bits per heavy atom. The van der Waals surface area contributed by atoms with Crippen LogP contribution in [-0.2, 0) is 9.59 Å². The molecule has 7 nitrogen and oxygen atoms in total. The molecule has 2 aliphatic rings. The molecular weight excluding hydrogens is 344 g/mol. The van der Waals surface area contributed by atoms with Crippen LogP contribution in [0.4, 0.5) is 5.69 Å². The van der Waals surface area contributed by atoms with Crippen molar-refractivity contribution in [2.45, 2.75) is 13.3 Å². The number of amides is 2. The maximum absolute atomic E-state index is 12.6. The normalized spacial score (nSPS) is 18.5. The molecule has 0 aromatic heterocycles. The van der Waals surface area contributed by atoms with Crippen molar-refractivity contribution >= 4 is 17.5 Å². The van der Waals surface area contributed by atoms with E-state index in [4.69, 9.17) is 4.74 Å². The lowest BCUT2D eigenvalue weighted by Gasteiger charge is -2.37. The zero-order valence-corrected chi connectivity index (χ0v) is 16.4. The van der Waals surface area contributed by atoms with E-state index in [1.807, 2.05) is 34.1 Å². The molecule has 0 spiro atoms. The van der Waals surface area contributed by atoms with E-state index in [1.54, 1.807) is 7.11 Å². The average Bonchev–Trinajstić information content (AvgIpc) is 2.73. The van der Waals surface area contributed by atoms with Gasteiger partial charge in [-0.3, -0.25) is 9.59 Å². The molecule has 27 heavy (non-hydrogen) atoms. The number of benzene rings is 1. The molecule has 1 aromatic rings. The third kappa shape index (κ3) is 4.71. The number of carbonyl (C=O) groups is 2. The van der Waals surface area contributed by atoms with Crippen molar-refractivity contribution in [1.29, 1.82) is 0 Å². The number of piperazine rings is 2. The van der Waals surface area contributed by atoms with Gasteiger partial charge in [0.15, 0.2) is 0 Å². The summed E-state index contributed by atoms with van der Waals surface area (Å²) in [4.78, 5) is 33.2. The van der Waals surface area contributed by atoms with Crippen LogP contribution in [0, 0.1) is 0 Å². The minimum atomic E-state index is -0.0578. The number of nitrogens with zero attached hydrogens (tertiary/aromatic N) is 4. The molecule has 3 rings (SSSR count). The average molecular weight is 374 g/mol. The third-order valence-electron chi connectivity index (χ3n) is 5.53. The van der Waals surface area contributed by atoms with Gasteiger partial charge in [-0.25, -0.2) is 0 Å². The monoisotopic (exact) mass is 374 g/mol. The molecule has 2 heterocycles. The summed E-state index contributed by atoms with van der Waals surface area (Å²) < 4.78 is 5.43. The second-order valence-corrected chi connectivity index (χ2v) is 7.03. The van der Waals surface area contributed by atoms with Crippen molar-refractivity contribution < 1.29 is 14.3 Å². The van der Waals surface area contributed by atoms with E-state index in [1.165, 1.54) is 0 Å². The Hall–Kier alpha value is -2.28. The van der Waals surface area contributed by atoms with Crippen molar-refractivity contribution in [1.82, 2.24) is 14.7 Å². The van der Waals surface area contributed by atoms with Crippen LogP contribution >= 0.6 is 0 Å². The highest BCUT2D eigenvalue weighted by Gasteiger charge is 2.27. The van der Waals surface area contributed by atoms with Gasteiger partial charge in [0.05, 0.1) is 12.8 Å². The Morgan fingerprint density at radius 2 is 1.44 bits per heavy atom. The first kappa shape index (κ1) is 19.5. The number of carbonyl (C=O) groups excluding carboxylic acids is 2. The quantitative estimate of drug-likeness (QED) is 0.717. The predicted octanol–water partition coefficient (Wildman–Crippen LogP) is 0.898. The van der Waals surface area contributed by atoms with E-state index in [-0.39, 0.29) is 18.2 Å². The highest BCUT2D eigenvalue weighted by molar-refractivity contribution is 5.97. The zero-order chi connectivity index (χ0) is 19.2. The molecule has 148 valence electrons. The van der Waals surface area contributed by atoms with Crippen LogP contribution in [0.2, 0.25) is 0 Å². The summed E-state index contributed by atoms with van der Waals surface area (Å²) in [6.45, 7) is 9.14.